The number of halogens is 2. The van der Waals surface area contributed by atoms with E-state index in [1.54, 1.807) is 18.2 Å². The molecule has 0 aliphatic carbocycles. The van der Waals surface area contributed by atoms with Gasteiger partial charge in [0, 0.05) is 21.7 Å². The highest BCUT2D eigenvalue weighted by Crippen LogP contribution is 2.25. The maximum atomic E-state index is 11.9. The third kappa shape index (κ3) is 5.06. The molecule has 0 bridgehead atoms. The van der Waals surface area contributed by atoms with Crippen LogP contribution in [0.4, 0.5) is 0 Å². The summed E-state index contributed by atoms with van der Waals surface area (Å²) in [6.07, 6.45) is 3.52. The Morgan fingerprint density at radius 2 is 1.90 bits per heavy atom. The topological polar surface area (TPSA) is 72.2 Å². The Hall–Kier alpha value is -1.52. The van der Waals surface area contributed by atoms with Crippen LogP contribution in [-0.4, -0.2) is 17.9 Å². The van der Waals surface area contributed by atoms with Gasteiger partial charge < -0.3 is 11.1 Å². The number of nitrogens with one attached hydrogen (secondary N) is 1. The molecule has 0 aliphatic rings. The fourth-order valence-corrected chi connectivity index (χ4v) is 2.28. The Labute approximate surface area is 134 Å². The van der Waals surface area contributed by atoms with Gasteiger partial charge in [-0.3, -0.25) is 9.59 Å². The molecule has 4 nitrogen and oxygen atoms in total. The summed E-state index contributed by atoms with van der Waals surface area (Å²) >= 11 is 12.0. The zero-order valence-corrected chi connectivity index (χ0v) is 13.4. The lowest BCUT2D eigenvalue weighted by atomic mass is 9.98. The predicted molar refractivity (Wildman–Crippen MR) is 86.1 cm³/mol. The normalized spacial score (nSPS) is 13.9. The zero-order chi connectivity index (χ0) is 16.0. The first-order valence-electron chi connectivity index (χ1n) is 6.58. The van der Waals surface area contributed by atoms with Crippen molar-refractivity contribution in [3.63, 3.8) is 0 Å². The van der Waals surface area contributed by atoms with E-state index in [1.807, 2.05) is 13.8 Å². The van der Waals surface area contributed by atoms with Crippen LogP contribution >= 0.6 is 23.2 Å². The van der Waals surface area contributed by atoms with Crippen LogP contribution in [0.5, 0.6) is 0 Å². The first-order valence-corrected chi connectivity index (χ1v) is 7.34. The summed E-state index contributed by atoms with van der Waals surface area (Å²) in [6, 6.07) is 4.37. The molecule has 0 aliphatic heterocycles. The van der Waals surface area contributed by atoms with Crippen LogP contribution in [0.25, 0.3) is 6.08 Å². The minimum Gasteiger partial charge on any atom is -0.368 e. The number of nitrogens with two attached hydrogens (primary N) is 1. The average molecular weight is 329 g/mol. The molecule has 2 amide bonds. The monoisotopic (exact) mass is 328 g/mol. The van der Waals surface area contributed by atoms with E-state index in [2.05, 4.69) is 5.32 Å². The van der Waals surface area contributed by atoms with Crippen molar-refractivity contribution in [2.24, 2.45) is 11.7 Å². The van der Waals surface area contributed by atoms with Crippen molar-refractivity contribution in [3.8, 4) is 0 Å². The van der Waals surface area contributed by atoms with Gasteiger partial charge in [0.25, 0.3) is 0 Å². The van der Waals surface area contributed by atoms with Crippen LogP contribution in [0.2, 0.25) is 10.0 Å². The maximum Gasteiger partial charge on any atom is 0.244 e. The van der Waals surface area contributed by atoms with E-state index in [9.17, 15) is 9.59 Å². The number of rotatable bonds is 6. The second-order valence-corrected chi connectivity index (χ2v) is 5.56. The molecule has 0 saturated carbocycles. The predicted octanol–water partition coefficient (Wildman–Crippen LogP) is 3.02. The lowest BCUT2D eigenvalue weighted by Gasteiger charge is -2.20. The summed E-state index contributed by atoms with van der Waals surface area (Å²) in [5.74, 6) is -1.01. The second-order valence-electron chi connectivity index (χ2n) is 4.74. The SMILES string of the molecule is CCC(C)C(NC(=O)C=Cc1c(Cl)cccc1Cl)C(N)=O. The Bertz CT molecular complexity index is 538. The molecule has 1 aromatic carbocycles. The largest absolute Gasteiger partial charge is 0.368 e. The first-order chi connectivity index (χ1) is 9.86. The van der Waals surface area contributed by atoms with Gasteiger partial charge in [0.1, 0.15) is 6.04 Å². The summed E-state index contributed by atoms with van der Waals surface area (Å²) in [5.41, 5.74) is 5.85. The van der Waals surface area contributed by atoms with Gasteiger partial charge in [-0.1, -0.05) is 49.5 Å². The summed E-state index contributed by atoms with van der Waals surface area (Å²) in [7, 11) is 0. The van der Waals surface area contributed by atoms with E-state index >= 15 is 0 Å². The van der Waals surface area contributed by atoms with Crippen molar-refractivity contribution in [2.75, 3.05) is 0 Å². The molecule has 0 spiro atoms. The summed E-state index contributed by atoms with van der Waals surface area (Å²) in [5, 5.41) is 3.48. The standard InChI is InChI=1S/C15H18Cl2N2O2/c1-3-9(2)14(15(18)21)19-13(20)8-7-10-11(16)5-4-6-12(10)17/h4-9,14H,3H2,1-2H3,(H2,18,21)(H,19,20). The van der Waals surface area contributed by atoms with E-state index in [0.717, 1.165) is 6.42 Å². The summed E-state index contributed by atoms with van der Waals surface area (Å²) < 4.78 is 0. The molecule has 114 valence electrons. The quantitative estimate of drug-likeness (QED) is 0.788. The average Bonchev–Trinajstić information content (AvgIpc) is 2.43. The van der Waals surface area contributed by atoms with Crippen LogP contribution in [0, 0.1) is 5.92 Å². The number of amides is 2. The van der Waals surface area contributed by atoms with Gasteiger partial charge in [0.15, 0.2) is 0 Å². The number of hydrogen-bond acceptors (Lipinski definition) is 2. The highest BCUT2D eigenvalue weighted by atomic mass is 35.5. The van der Waals surface area contributed by atoms with Crippen molar-refractivity contribution in [2.45, 2.75) is 26.3 Å². The van der Waals surface area contributed by atoms with Gasteiger partial charge in [0.2, 0.25) is 11.8 Å². The number of benzene rings is 1. The molecule has 1 aromatic rings. The minimum atomic E-state index is -0.700. The lowest BCUT2D eigenvalue weighted by molar-refractivity contribution is -0.126. The van der Waals surface area contributed by atoms with Crippen LogP contribution in [0.15, 0.2) is 24.3 Å². The van der Waals surface area contributed by atoms with Gasteiger partial charge in [-0.2, -0.15) is 0 Å². The van der Waals surface area contributed by atoms with Gasteiger partial charge in [-0.15, -0.1) is 0 Å². The van der Waals surface area contributed by atoms with Gasteiger partial charge in [-0.05, 0) is 24.1 Å². The van der Waals surface area contributed by atoms with Gasteiger partial charge >= 0.3 is 0 Å². The fraction of sp³-hybridized carbons (Fsp3) is 0.333. The summed E-state index contributed by atoms with van der Waals surface area (Å²) in [4.78, 5) is 23.2. The van der Waals surface area contributed by atoms with E-state index < -0.39 is 17.9 Å². The molecular weight excluding hydrogens is 311 g/mol. The third-order valence-corrected chi connectivity index (χ3v) is 3.88. The smallest absolute Gasteiger partial charge is 0.244 e. The number of carbonyl (C=O) groups is 2. The molecular formula is C15H18Cl2N2O2. The van der Waals surface area contributed by atoms with Crippen molar-refractivity contribution in [1.82, 2.24) is 5.32 Å². The lowest BCUT2D eigenvalue weighted by Crippen LogP contribution is -2.47. The number of carbonyl (C=O) groups excluding carboxylic acids is 2. The molecule has 3 N–H and O–H groups in total. The van der Waals surface area contributed by atoms with Gasteiger partial charge in [0.05, 0.1) is 0 Å². The Morgan fingerprint density at radius 3 is 2.38 bits per heavy atom. The van der Waals surface area contributed by atoms with Crippen LogP contribution < -0.4 is 11.1 Å². The minimum absolute atomic E-state index is 0.0382. The molecule has 6 heteroatoms. The summed E-state index contributed by atoms with van der Waals surface area (Å²) in [6.45, 7) is 3.77. The van der Waals surface area contributed by atoms with Crippen molar-refractivity contribution < 1.29 is 9.59 Å². The first kappa shape index (κ1) is 17.5. The Kier molecular flexibility index (Phi) is 6.72. The zero-order valence-electron chi connectivity index (χ0n) is 11.9. The highest BCUT2D eigenvalue weighted by Gasteiger charge is 2.22. The van der Waals surface area contributed by atoms with Crippen LogP contribution in [0.3, 0.4) is 0 Å². The molecule has 1 rings (SSSR count). The van der Waals surface area contributed by atoms with Gasteiger partial charge in [-0.25, -0.2) is 0 Å². The van der Waals surface area contributed by atoms with E-state index in [-0.39, 0.29) is 5.92 Å². The fourth-order valence-electron chi connectivity index (χ4n) is 1.76. The van der Waals surface area contributed by atoms with E-state index in [4.69, 9.17) is 28.9 Å². The maximum absolute atomic E-state index is 11.9. The molecule has 0 aromatic heterocycles. The molecule has 2 atom stereocenters. The third-order valence-electron chi connectivity index (χ3n) is 3.22. The molecule has 0 radical (unpaired) electrons. The van der Waals surface area contributed by atoms with Crippen molar-refractivity contribution in [1.29, 1.82) is 0 Å². The number of hydrogen-bond donors (Lipinski definition) is 2. The number of primary amides is 1. The molecule has 0 fully saturated rings. The van der Waals surface area contributed by atoms with Crippen molar-refractivity contribution in [3.05, 3.63) is 39.9 Å². The molecule has 0 saturated heterocycles. The molecule has 0 heterocycles. The van der Waals surface area contributed by atoms with E-state index in [1.165, 1.54) is 12.2 Å². The van der Waals surface area contributed by atoms with Crippen molar-refractivity contribution >= 4 is 41.1 Å². The van der Waals surface area contributed by atoms with Crippen LogP contribution in [-0.2, 0) is 9.59 Å². The molecule has 2 unspecified atom stereocenters. The second kappa shape index (κ2) is 8.05. The Morgan fingerprint density at radius 1 is 1.33 bits per heavy atom. The van der Waals surface area contributed by atoms with Crippen LogP contribution in [0.1, 0.15) is 25.8 Å². The molecule has 21 heavy (non-hydrogen) atoms. The van der Waals surface area contributed by atoms with E-state index in [0.29, 0.717) is 15.6 Å². The Balaban J connectivity index is 2.81. The highest BCUT2D eigenvalue weighted by molar-refractivity contribution is 6.37.